The highest BCUT2D eigenvalue weighted by molar-refractivity contribution is 6.07. The smallest absolute Gasteiger partial charge is 0.254 e. The van der Waals surface area contributed by atoms with Crippen LogP contribution in [0.4, 0.5) is 4.39 Å². The van der Waals surface area contributed by atoms with Crippen molar-refractivity contribution in [3.8, 4) is 11.3 Å². The van der Waals surface area contributed by atoms with E-state index in [2.05, 4.69) is 16.8 Å². The maximum atomic E-state index is 13.9. The first-order valence-electron chi connectivity index (χ1n) is 9.33. The van der Waals surface area contributed by atoms with Gasteiger partial charge in [0.2, 0.25) is 0 Å². The first-order chi connectivity index (χ1) is 13.2. The van der Waals surface area contributed by atoms with Crippen molar-refractivity contribution in [3.63, 3.8) is 0 Å². The Morgan fingerprint density at radius 2 is 1.78 bits per heavy atom. The molecule has 0 atom stereocenters. The first-order valence-corrected chi connectivity index (χ1v) is 9.33. The number of piperazine rings is 1. The van der Waals surface area contributed by atoms with E-state index in [0.717, 1.165) is 30.9 Å². The van der Waals surface area contributed by atoms with Crippen molar-refractivity contribution < 1.29 is 9.18 Å². The molecule has 0 aliphatic carbocycles. The molecule has 138 valence electrons. The van der Waals surface area contributed by atoms with Gasteiger partial charge in [0.1, 0.15) is 5.82 Å². The van der Waals surface area contributed by atoms with Gasteiger partial charge in [-0.15, -0.1) is 0 Å². The highest BCUT2D eigenvalue weighted by Crippen LogP contribution is 2.26. The highest BCUT2D eigenvalue weighted by Gasteiger charge is 2.24. The summed E-state index contributed by atoms with van der Waals surface area (Å²) in [5, 5.41) is 0.567. The quantitative estimate of drug-likeness (QED) is 0.710. The molecule has 0 N–H and O–H groups in total. The fourth-order valence-electron chi connectivity index (χ4n) is 3.57. The molecule has 3 aromatic rings. The standard InChI is InChI=1S/C22H22FN3O/c1-2-25-10-12-26(13-11-25)22(27)19-15-21(16-6-4-3-5-7-16)24-20-9-8-17(23)14-18(19)20/h3-9,14-15H,2,10-13H2,1H3. The van der Waals surface area contributed by atoms with E-state index in [-0.39, 0.29) is 11.7 Å². The maximum absolute atomic E-state index is 13.9. The normalized spacial score (nSPS) is 15.3. The number of nitrogens with zero attached hydrogens (tertiary/aromatic N) is 3. The van der Waals surface area contributed by atoms with Gasteiger partial charge in [-0.2, -0.15) is 0 Å². The van der Waals surface area contributed by atoms with E-state index in [9.17, 15) is 9.18 Å². The summed E-state index contributed by atoms with van der Waals surface area (Å²) >= 11 is 0. The molecule has 1 aliphatic rings. The van der Waals surface area contributed by atoms with Crippen LogP contribution in [0.15, 0.2) is 54.6 Å². The van der Waals surface area contributed by atoms with E-state index in [1.54, 1.807) is 12.1 Å². The number of aromatic nitrogens is 1. The molecule has 1 aliphatic heterocycles. The van der Waals surface area contributed by atoms with Crippen molar-refractivity contribution in [2.75, 3.05) is 32.7 Å². The molecule has 5 heteroatoms. The fraction of sp³-hybridized carbons (Fsp3) is 0.273. The molecular formula is C22H22FN3O. The van der Waals surface area contributed by atoms with Crippen molar-refractivity contribution in [2.24, 2.45) is 0 Å². The van der Waals surface area contributed by atoms with Crippen molar-refractivity contribution in [1.82, 2.24) is 14.8 Å². The second-order valence-electron chi connectivity index (χ2n) is 6.81. The van der Waals surface area contributed by atoms with Crippen LogP contribution < -0.4 is 0 Å². The lowest BCUT2D eigenvalue weighted by Gasteiger charge is -2.34. The predicted molar refractivity (Wildman–Crippen MR) is 105 cm³/mol. The fourth-order valence-corrected chi connectivity index (χ4v) is 3.57. The van der Waals surface area contributed by atoms with E-state index >= 15 is 0 Å². The zero-order chi connectivity index (χ0) is 18.8. The average Bonchev–Trinajstić information content (AvgIpc) is 2.73. The van der Waals surface area contributed by atoms with Gasteiger partial charge in [0.15, 0.2) is 0 Å². The van der Waals surface area contributed by atoms with Crippen LogP contribution in [0, 0.1) is 5.82 Å². The molecule has 0 bridgehead atoms. The van der Waals surface area contributed by atoms with E-state index in [1.165, 1.54) is 12.1 Å². The van der Waals surface area contributed by atoms with Gasteiger partial charge in [-0.05, 0) is 30.8 Å². The average molecular weight is 363 g/mol. The predicted octanol–water partition coefficient (Wildman–Crippen LogP) is 3.82. The number of pyridine rings is 1. The molecule has 1 amide bonds. The summed E-state index contributed by atoms with van der Waals surface area (Å²) < 4.78 is 13.9. The van der Waals surface area contributed by atoms with Gasteiger partial charge in [-0.1, -0.05) is 37.3 Å². The zero-order valence-electron chi connectivity index (χ0n) is 15.4. The Morgan fingerprint density at radius 1 is 1.04 bits per heavy atom. The van der Waals surface area contributed by atoms with E-state index < -0.39 is 0 Å². The second kappa shape index (κ2) is 7.45. The minimum absolute atomic E-state index is 0.0547. The van der Waals surface area contributed by atoms with Gasteiger partial charge in [-0.25, -0.2) is 9.37 Å². The zero-order valence-corrected chi connectivity index (χ0v) is 15.4. The maximum Gasteiger partial charge on any atom is 0.254 e. The lowest BCUT2D eigenvalue weighted by molar-refractivity contribution is 0.0645. The molecule has 1 aromatic heterocycles. The van der Waals surface area contributed by atoms with Gasteiger partial charge < -0.3 is 9.80 Å². The van der Waals surface area contributed by atoms with Gasteiger partial charge in [0.25, 0.3) is 5.91 Å². The van der Waals surface area contributed by atoms with Crippen molar-refractivity contribution >= 4 is 16.8 Å². The van der Waals surface area contributed by atoms with Crippen LogP contribution in [0.25, 0.3) is 22.2 Å². The van der Waals surface area contributed by atoms with Crippen LogP contribution in [0.1, 0.15) is 17.3 Å². The molecule has 1 saturated heterocycles. The molecule has 0 saturated carbocycles. The summed E-state index contributed by atoms with van der Waals surface area (Å²) in [5.41, 5.74) is 2.82. The van der Waals surface area contributed by atoms with Crippen LogP contribution >= 0.6 is 0 Å². The number of likely N-dealkylation sites (N-methyl/N-ethyl adjacent to an activating group) is 1. The summed E-state index contributed by atoms with van der Waals surface area (Å²) in [6.07, 6.45) is 0. The van der Waals surface area contributed by atoms with E-state index in [1.807, 2.05) is 35.2 Å². The molecule has 0 unspecified atom stereocenters. The van der Waals surface area contributed by atoms with Crippen LogP contribution in [0.2, 0.25) is 0 Å². The molecule has 0 radical (unpaired) electrons. The third-order valence-electron chi connectivity index (χ3n) is 5.18. The van der Waals surface area contributed by atoms with Gasteiger partial charge in [0, 0.05) is 37.1 Å². The third-order valence-corrected chi connectivity index (χ3v) is 5.18. The van der Waals surface area contributed by atoms with Crippen LogP contribution in [0.3, 0.4) is 0 Å². The molecule has 4 nitrogen and oxygen atoms in total. The summed E-state index contributed by atoms with van der Waals surface area (Å²) in [4.78, 5) is 22.1. The number of fused-ring (bicyclic) bond motifs is 1. The molecular weight excluding hydrogens is 341 g/mol. The van der Waals surface area contributed by atoms with Gasteiger partial charge in [-0.3, -0.25) is 4.79 Å². The minimum Gasteiger partial charge on any atom is -0.336 e. The number of halogens is 1. The first kappa shape index (κ1) is 17.6. The minimum atomic E-state index is -0.360. The monoisotopic (exact) mass is 363 g/mol. The van der Waals surface area contributed by atoms with Crippen molar-refractivity contribution in [1.29, 1.82) is 0 Å². The number of carbonyl (C=O) groups excluding carboxylic acids is 1. The number of hydrogen-bond acceptors (Lipinski definition) is 3. The van der Waals surface area contributed by atoms with Gasteiger partial charge in [0.05, 0.1) is 16.8 Å². The summed E-state index contributed by atoms with van der Waals surface area (Å²) in [5.74, 6) is -0.414. The third kappa shape index (κ3) is 3.55. The highest BCUT2D eigenvalue weighted by atomic mass is 19.1. The van der Waals surface area contributed by atoms with Crippen LogP contribution in [-0.2, 0) is 0 Å². The Labute approximate surface area is 158 Å². The van der Waals surface area contributed by atoms with E-state index in [0.29, 0.717) is 29.6 Å². The molecule has 1 fully saturated rings. The topological polar surface area (TPSA) is 36.4 Å². The van der Waals surface area contributed by atoms with Crippen molar-refractivity contribution in [2.45, 2.75) is 6.92 Å². The molecule has 2 heterocycles. The number of benzene rings is 2. The summed E-state index contributed by atoms with van der Waals surface area (Å²) in [6, 6.07) is 16.0. The van der Waals surface area contributed by atoms with Crippen molar-refractivity contribution in [3.05, 3.63) is 66.0 Å². The Kier molecular flexibility index (Phi) is 4.86. The van der Waals surface area contributed by atoms with Crippen LogP contribution in [-0.4, -0.2) is 53.4 Å². The van der Waals surface area contributed by atoms with Crippen LogP contribution in [0.5, 0.6) is 0 Å². The SMILES string of the molecule is CCN1CCN(C(=O)c2cc(-c3ccccc3)nc3ccc(F)cc23)CC1. The Morgan fingerprint density at radius 3 is 2.48 bits per heavy atom. The largest absolute Gasteiger partial charge is 0.336 e. The van der Waals surface area contributed by atoms with Gasteiger partial charge >= 0.3 is 0 Å². The number of carbonyl (C=O) groups is 1. The Balaban J connectivity index is 1.78. The second-order valence-corrected chi connectivity index (χ2v) is 6.81. The number of amides is 1. The summed E-state index contributed by atoms with van der Waals surface area (Å²) in [7, 11) is 0. The number of rotatable bonds is 3. The lowest BCUT2D eigenvalue weighted by atomic mass is 10.0. The Bertz CT molecular complexity index is 966. The molecule has 2 aromatic carbocycles. The van der Waals surface area contributed by atoms with E-state index in [4.69, 9.17) is 0 Å². The summed E-state index contributed by atoms with van der Waals surface area (Å²) in [6.45, 7) is 6.22. The molecule has 0 spiro atoms. The lowest BCUT2D eigenvalue weighted by Crippen LogP contribution is -2.48. The number of hydrogen-bond donors (Lipinski definition) is 0. The Hall–Kier alpha value is -2.79. The molecule has 4 rings (SSSR count). The molecule has 27 heavy (non-hydrogen) atoms.